The Morgan fingerprint density at radius 1 is 0.595 bits per heavy atom. The van der Waals surface area contributed by atoms with Gasteiger partial charge in [-0.2, -0.15) is 0 Å². The van der Waals surface area contributed by atoms with E-state index in [1.165, 1.54) is 16.0 Å². The first-order valence-corrected chi connectivity index (χ1v) is 30.1. The van der Waals surface area contributed by atoms with Gasteiger partial charge in [0.25, 0.3) is 11.8 Å². The van der Waals surface area contributed by atoms with E-state index in [0.29, 0.717) is 12.2 Å². The average Bonchev–Trinajstić information content (AvgIpc) is 4.09. The summed E-state index contributed by atoms with van der Waals surface area (Å²) in [7, 11) is 1.70. The first-order chi connectivity index (χ1) is 39.9. The SMILES string of the molecule is CCN[C@@H](C)C(=O)N[C@H](C(=O)N1Cc2cc(NC(=O)c3ccc(C(=O)N[C@H]4C[C@@H](C(=O)N[C@@H]5CCCc6ccccc65)N(C(=O)C(NC(=O)C(NC)C(C)C)C(C)(C)C)C4)cc3)ccc2C[C@H]1C(=O)N[C@@H]1CCCc2ccccc21)C(C)(C)C. The van der Waals surface area contributed by atoms with Crippen molar-refractivity contribution in [3.8, 4) is 0 Å². The fourth-order valence-electron chi connectivity index (χ4n) is 12.4. The van der Waals surface area contributed by atoms with E-state index < -0.39 is 76.8 Å². The second-order valence-corrected chi connectivity index (χ2v) is 25.8. The van der Waals surface area contributed by atoms with E-state index >= 15 is 0 Å². The Morgan fingerprint density at radius 2 is 1.12 bits per heavy atom. The molecule has 2 aliphatic carbocycles. The third kappa shape index (κ3) is 14.5. The van der Waals surface area contributed by atoms with E-state index in [9.17, 15) is 38.4 Å². The van der Waals surface area contributed by atoms with Gasteiger partial charge in [0.05, 0.1) is 24.2 Å². The molecule has 1 saturated heterocycles. The number of benzene rings is 4. The normalized spacial score (nSPS) is 20.8. The summed E-state index contributed by atoms with van der Waals surface area (Å²) in [5.41, 5.74) is 5.58. The van der Waals surface area contributed by atoms with Crippen molar-refractivity contribution < 1.29 is 38.4 Å². The lowest BCUT2D eigenvalue weighted by Crippen LogP contribution is -2.62. The Morgan fingerprint density at radius 3 is 1.65 bits per heavy atom. The summed E-state index contributed by atoms with van der Waals surface area (Å²) in [5.74, 6) is -3.06. The Bertz CT molecular complexity index is 3090. The Kier molecular flexibility index (Phi) is 19.9. The number of nitrogens with zero attached hydrogens (tertiary/aromatic N) is 2. The number of amides is 8. The molecule has 8 rings (SSSR count). The van der Waals surface area contributed by atoms with Crippen LogP contribution < -0.4 is 42.5 Å². The number of fused-ring (bicyclic) bond motifs is 3. The summed E-state index contributed by atoms with van der Waals surface area (Å²) < 4.78 is 0. The molecule has 0 bridgehead atoms. The summed E-state index contributed by atoms with van der Waals surface area (Å²) in [5, 5.41) is 24.7. The molecule has 18 nitrogen and oxygen atoms in total. The van der Waals surface area contributed by atoms with Crippen LogP contribution >= 0.6 is 0 Å². The number of hydrogen-bond acceptors (Lipinski definition) is 10. The lowest BCUT2D eigenvalue weighted by Gasteiger charge is -2.42. The molecule has 450 valence electrons. The highest BCUT2D eigenvalue weighted by Gasteiger charge is 2.47. The van der Waals surface area contributed by atoms with Crippen molar-refractivity contribution in [2.45, 2.75) is 182 Å². The average molecular weight is 1150 g/mol. The molecule has 1 fully saturated rings. The first-order valence-electron chi connectivity index (χ1n) is 30.1. The molecular weight excluding hydrogens is 1060 g/mol. The minimum Gasteiger partial charge on any atom is -0.347 e. The molecule has 8 amide bonds. The van der Waals surface area contributed by atoms with Crippen LogP contribution in [0.1, 0.15) is 168 Å². The second-order valence-electron chi connectivity index (χ2n) is 25.8. The van der Waals surface area contributed by atoms with E-state index in [1.54, 1.807) is 55.3 Å². The van der Waals surface area contributed by atoms with Crippen LogP contribution in [-0.2, 0) is 54.6 Å². The molecule has 4 aromatic rings. The maximum atomic E-state index is 15.0. The minimum absolute atomic E-state index is 0.0201. The molecule has 2 heterocycles. The van der Waals surface area contributed by atoms with Gasteiger partial charge in [-0.15, -0.1) is 0 Å². The molecule has 0 spiro atoms. The highest BCUT2D eigenvalue weighted by Crippen LogP contribution is 2.35. The van der Waals surface area contributed by atoms with Crippen LogP contribution in [0, 0.1) is 16.7 Å². The van der Waals surface area contributed by atoms with Crippen LogP contribution in [0.4, 0.5) is 5.69 Å². The van der Waals surface area contributed by atoms with E-state index in [4.69, 9.17) is 0 Å². The van der Waals surface area contributed by atoms with Gasteiger partial charge in [0, 0.05) is 42.4 Å². The number of carbonyl (C=O) groups excluding carboxylic acids is 8. The molecular formula is C66H88N10O8. The highest BCUT2D eigenvalue weighted by molar-refractivity contribution is 6.05. The van der Waals surface area contributed by atoms with Gasteiger partial charge in [0.15, 0.2) is 0 Å². The first kappa shape index (κ1) is 62.6. The zero-order valence-corrected chi connectivity index (χ0v) is 50.9. The molecule has 0 aromatic heterocycles. The molecule has 18 heteroatoms. The quantitative estimate of drug-likeness (QED) is 0.0533. The monoisotopic (exact) mass is 1150 g/mol. The van der Waals surface area contributed by atoms with Gasteiger partial charge in [-0.25, -0.2) is 0 Å². The van der Waals surface area contributed by atoms with Crippen molar-refractivity contribution in [3.05, 3.63) is 136 Å². The molecule has 8 N–H and O–H groups in total. The van der Waals surface area contributed by atoms with Gasteiger partial charge in [-0.05, 0) is 152 Å². The summed E-state index contributed by atoms with van der Waals surface area (Å²) in [4.78, 5) is 117. The third-order valence-corrected chi connectivity index (χ3v) is 17.1. The largest absolute Gasteiger partial charge is 0.347 e. The Labute approximate surface area is 495 Å². The van der Waals surface area contributed by atoms with Gasteiger partial charge >= 0.3 is 0 Å². The standard InChI is InChI=1S/C66H88N10O8/c1-12-68-39(4)57(77)73-55(65(5,6)7)63(83)75-36-45-33-46(32-31-44(45)34-52(75)60(80)71-50-25-17-21-40-19-13-15-23-48(40)50)69-58(78)42-27-29-43(30-28-42)59(79)70-47-35-53(61(81)72-51-26-18-22-41-20-14-16-24-49(41)51)76(37-47)64(84)56(66(8,9)10)74-62(82)54(67-11)38(2)3/h13-16,19-20,23-24,27-33,38-39,47,50-56,67-68H,12,17-18,21-22,25-26,34-37H2,1-11H3,(H,69,78)(H,70,79)(H,71,80)(H,72,81)(H,73,77)(H,74,82)/t39-,47-,50+,51+,52-,53-,54?,55+,56?/m0/s1. The maximum Gasteiger partial charge on any atom is 0.255 e. The zero-order valence-electron chi connectivity index (χ0n) is 50.9. The molecule has 9 atom stereocenters. The van der Waals surface area contributed by atoms with Gasteiger partial charge in [0.1, 0.15) is 24.2 Å². The fraction of sp³-hybridized carbons (Fsp3) is 0.515. The predicted octanol–water partition coefficient (Wildman–Crippen LogP) is 6.58. The van der Waals surface area contributed by atoms with Crippen molar-refractivity contribution in [1.29, 1.82) is 0 Å². The highest BCUT2D eigenvalue weighted by atomic mass is 16.2. The van der Waals surface area contributed by atoms with Crippen LogP contribution in [-0.4, -0.2) is 119 Å². The summed E-state index contributed by atoms with van der Waals surface area (Å²) >= 11 is 0. The molecule has 2 aliphatic heterocycles. The number of anilines is 1. The summed E-state index contributed by atoms with van der Waals surface area (Å²) in [6, 6.07) is 21.8. The van der Waals surface area contributed by atoms with Gasteiger partial charge in [0.2, 0.25) is 35.4 Å². The van der Waals surface area contributed by atoms with Crippen molar-refractivity contribution >= 4 is 52.9 Å². The molecule has 4 aliphatic rings. The number of aryl methyl sites for hydroxylation is 2. The Hall–Kier alpha value is -7.44. The zero-order chi connectivity index (χ0) is 60.8. The molecule has 84 heavy (non-hydrogen) atoms. The number of likely N-dealkylation sites (tertiary alicyclic amines) is 1. The summed E-state index contributed by atoms with van der Waals surface area (Å²) in [6.07, 6.45) is 5.49. The second kappa shape index (κ2) is 26.6. The van der Waals surface area contributed by atoms with Crippen LogP contribution in [0.2, 0.25) is 0 Å². The van der Waals surface area contributed by atoms with Crippen molar-refractivity contribution in [3.63, 3.8) is 0 Å². The number of hydrogen-bond donors (Lipinski definition) is 8. The molecule has 4 aromatic carbocycles. The number of nitrogens with one attached hydrogen (secondary N) is 8. The van der Waals surface area contributed by atoms with Crippen molar-refractivity contribution in [2.24, 2.45) is 16.7 Å². The lowest BCUT2D eigenvalue weighted by molar-refractivity contribution is -0.147. The van der Waals surface area contributed by atoms with Gasteiger partial charge in [-0.3, -0.25) is 38.4 Å². The minimum atomic E-state index is -0.987. The van der Waals surface area contributed by atoms with Crippen LogP contribution in [0.3, 0.4) is 0 Å². The van der Waals surface area contributed by atoms with E-state index in [1.807, 2.05) is 105 Å². The van der Waals surface area contributed by atoms with Gasteiger partial charge < -0.3 is 52.3 Å². The van der Waals surface area contributed by atoms with Crippen LogP contribution in [0.15, 0.2) is 91.0 Å². The van der Waals surface area contributed by atoms with Gasteiger partial charge in [-0.1, -0.05) is 117 Å². The number of rotatable bonds is 18. The van der Waals surface area contributed by atoms with Crippen molar-refractivity contribution in [1.82, 2.24) is 47.0 Å². The van der Waals surface area contributed by atoms with Crippen molar-refractivity contribution in [2.75, 3.05) is 25.5 Å². The third-order valence-electron chi connectivity index (χ3n) is 17.1. The topological polar surface area (TPSA) is 239 Å². The number of likely N-dealkylation sites (N-methyl/N-ethyl adjacent to an activating group) is 2. The predicted molar refractivity (Wildman–Crippen MR) is 324 cm³/mol. The van der Waals surface area contributed by atoms with E-state index in [0.717, 1.165) is 60.8 Å². The summed E-state index contributed by atoms with van der Waals surface area (Å²) in [6.45, 7) is 19.4. The smallest absolute Gasteiger partial charge is 0.255 e. The Balaban J connectivity index is 0.977. The van der Waals surface area contributed by atoms with E-state index in [2.05, 4.69) is 54.7 Å². The van der Waals surface area contributed by atoms with Crippen LogP contribution in [0.25, 0.3) is 0 Å². The molecule has 0 saturated carbocycles. The maximum absolute atomic E-state index is 15.0. The molecule has 0 radical (unpaired) electrons. The van der Waals surface area contributed by atoms with Crippen LogP contribution in [0.5, 0.6) is 0 Å². The number of carbonyl (C=O) groups is 8. The van der Waals surface area contributed by atoms with E-state index in [-0.39, 0.29) is 78.7 Å². The fourth-order valence-corrected chi connectivity index (χ4v) is 12.4. The molecule has 2 unspecified atom stereocenters. The lowest BCUT2D eigenvalue weighted by atomic mass is 9.83.